The Hall–Kier alpha value is -2.98. The maximum Gasteiger partial charge on any atom is 0.495 e. The fraction of sp³-hybridized carbons (Fsp3) is 0.438. The second-order valence-electron chi connectivity index (χ2n) is 11.3. The van der Waals surface area contributed by atoms with Crippen LogP contribution in [0.2, 0.25) is 10.0 Å². The van der Waals surface area contributed by atoms with Crippen molar-refractivity contribution >= 4 is 58.5 Å². The number of allylic oxidation sites excluding steroid dienone is 4. The fourth-order valence-electron chi connectivity index (χ4n) is 5.27. The van der Waals surface area contributed by atoms with Crippen molar-refractivity contribution in [3.63, 3.8) is 0 Å². The Morgan fingerprint density at radius 2 is 1.16 bits per heavy atom. The topological polar surface area (TPSA) is 89.5 Å². The number of methoxy groups -OCH3 is 4. The van der Waals surface area contributed by atoms with Gasteiger partial charge in [-0.2, -0.15) is 0 Å². The largest absolute Gasteiger partial charge is 0.500 e. The molecule has 0 N–H and O–H groups in total. The molecule has 1 aliphatic heterocycles. The second kappa shape index (κ2) is 12.9. The summed E-state index contributed by atoms with van der Waals surface area (Å²) in [7, 11) is 5.68. The molecule has 5 rings (SSSR count). The summed E-state index contributed by atoms with van der Waals surface area (Å²) in [5.74, 6) is 2.47. The molecular formula is C32H37BCl2O8. The molecule has 230 valence electrons. The molecule has 3 aliphatic rings. The molecule has 0 spiro atoms. The molecule has 0 aromatic heterocycles. The first kappa shape index (κ1) is 32.9. The number of halogens is 2. The molecular weight excluding hydrogens is 594 g/mol. The molecule has 2 aromatic carbocycles. The Bertz CT molecular complexity index is 1480. The van der Waals surface area contributed by atoms with E-state index >= 15 is 0 Å². The minimum Gasteiger partial charge on any atom is -0.500 e. The van der Waals surface area contributed by atoms with Gasteiger partial charge >= 0.3 is 7.12 Å². The van der Waals surface area contributed by atoms with Gasteiger partial charge in [0.15, 0.2) is 11.6 Å². The summed E-state index contributed by atoms with van der Waals surface area (Å²) in [6, 6.07) is 8.90. The van der Waals surface area contributed by atoms with E-state index in [0.29, 0.717) is 81.0 Å². The SMILES string of the molecule is COC1=C(c2c(Cl)cc(B3OC(C)(C)C(C)(C)O3)cc2OC)C(=O)CC1.COC1=C(c2c(Cl)cccc2OC)C(=O)CC1. The van der Waals surface area contributed by atoms with E-state index in [0.717, 1.165) is 5.46 Å². The fourth-order valence-corrected chi connectivity index (χ4v) is 5.84. The number of hydrogen-bond donors (Lipinski definition) is 0. The van der Waals surface area contributed by atoms with Crippen LogP contribution in [0.5, 0.6) is 11.5 Å². The van der Waals surface area contributed by atoms with Crippen molar-refractivity contribution in [2.75, 3.05) is 28.4 Å². The summed E-state index contributed by atoms with van der Waals surface area (Å²) in [5, 5.41) is 0.915. The molecule has 1 fully saturated rings. The molecule has 0 atom stereocenters. The van der Waals surface area contributed by atoms with Crippen LogP contribution in [-0.4, -0.2) is 58.3 Å². The lowest BCUT2D eigenvalue weighted by Gasteiger charge is -2.32. The van der Waals surface area contributed by atoms with Crippen LogP contribution >= 0.6 is 23.2 Å². The third-order valence-corrected chi connectivity index (χ3v) is 8.90. The highest BCUT2D eigenvalue weighted by atomic mass is 35.5. The van der Waals surface area contributed by atoms with Gasteiger partial charge in [0.1, 0.15) is 23.0 Å². The maximum atomic E-state index is 12.4. The van der Waals surface area contributed by atoms with Gasteiger partial charge in [0, 0.05) is 36.8 Å². The number of Topliss-reactive ketones (excluding diaryl/α,β-unsaturated/α-hetero) is 2. The van der Waals surface area contributed by atoms with Crippen LogP contribution < -0.4 is 14.9 Å². The molecule has 0 bridgehead atoms. The van der Waals surface area contributed by atoms with Crippen molar-refractivity contribution in [3.05, 3.63) is 63.0 Å². The lowest BCUT2D eigenvalue weighted by Crippen LogP contribution is -2.41. The number of ether oxygens (including phenoxy) is 4. The van der Waals surface area contributed by atoms with E-state index in [1.54, 1.807) is 52.7 Å². The molecule has 0 unspecified atom stereocenters. The van der Waals surface area contributed by atoms with Crippen molar-refractivity contribution in [2.24, 2.45) is 0 Å². The zero-order chi connectivity index (χ0) is 31.7. The van der Waals surface area contributed by atoms with Crippen LogP contribution in [0.15, 0.2) is 41.9 Å². The van der Waals surface area contributed by atoms with Gasteiger partial charge in [0.2, 0.25) is 0 Å². The average Bonchev–Trinajstić information content (AvgIpc) is 3.59. The molecule has 0 radical (unpaired) electrons. The van der Waals surface area contributed by atoms with Gasteiger partial charge in [-0.1, -0.05) is 29.3 Å². The van der Waals surface area contributed by atoms with E-state index in [-0.39, 0.29) is 11.6 Å². The van der Waals surface area contributed by atoms with Crippen LogP contribution in [0.25, 0.3) is 11.1 Å². The molecule has 2 aliphatic carbocycles. The summed E-state index contributed by atoms with van der Waals surface area (Å²) in [6.07, 6.45) is 2.08. The lowest BCUT2D eigenvalue weighted by molar-refractivity contribution is -0.114. The Morgan fingerprint density at radius 1 is 0.674 bits per heavy atom. The van der Waals surface area contributed by atoms with Crippen LogP contribution in [0, 0.1) is 0 Å². The smallest absolute Gasteiger partial charge is 0.495 e. The Kier molecular flexibility index (Phi) is 9.91. The van der Waals surface area contributed by atoms with Gasteiger partial charge in [0.05, 0.1) is 60.8 Å². The van der Waals surface area contributed by atoms with E-state index in [1.807, 2.05) is 33.8 Å². The minimum atomic E-state index is -0.560. The van der Waals surface area contributed by atoms with Crippen molar-refractivity contribution in [2.45, 2.75) is 64.6 Å². The molecule has 1 heterocycles. The number of carbonyl (C=O) groups excluding carboxylic acids is 2. The number of ketones is 2. The zero-order valence-corrected chi connectivity index (χ0v) is 27.3. The van der Waals surface area contributed by atoms with Gasteiger partial charge in [-0.15, -0.1) is 0 Å². The third-order valence-electron chi connectivity index (χ3n) is 8.28. The van der Waals surface area contributed by atoms with Crippen LogP contribution in [0.3, 0.4) is 0 Å². The van der Waals surface area contributed by atoms with Gasteiger partial charge in [0.25, 0.3) is 0 Å². The Labute approximate surface area is 263 Å². The van der Waals surface area contributed by atoms with Crippen molar-refractivity contribution in [1.29, 1.82) is 0 Å². The first-order chi connectivity index (χ1) is 20.3. The number of carbonyl (C=O) groups is 2. The number of rotatable bonds is 7. The number of benzene rings is 2. The van der Waals surface area contributed by atoms with E-state index < -0.39 is 18.3 Å². The van der Waals surface area contributed by atoms with Crippen LogP contribution in [0.1, 0.15) is 64.5 Å². The standard InChI is InChI=1S/C19H24BClO5.C13H13ClO3/c1-18(2)19(3,4)26-20(25-18)11-9-12(21)16(15(10-11)24-6)17-13(22)7-8-14(17)23-5;1-16-10-5-3-4-8(14)12(10)13-9(15)6-7-11(13)17-2/h9-10H,7-8H2,1-6H3;3-5H,6-7H2,1-2H3. The number of hydrogen-bond acceptors (Lipinski definition) is 8. The van der Waals surface area contributed by atoms with Gasteiger partial charge in [-0.25, -0.2) is 0 Å². The summed E-state index contributed by atoms with van der Waals surface area (Å²) in [6.45, 7) is 7.97. The highest BCUT2D eigenvalue weighted by Gasteiger charge is 2.52. The lowest BCUT2D eigenvalue weighted by atomic mass is 9.78. The molecule has 2 aromatic rings. The van der Waals surface area contributed by atoms with Gasteiger partial charge in [-0.05, 0) is 57.4 Å². The highest BCUT2D eigenvalue weighted by Crippen LogP contribution is 2.42. The minimum absolute atomic E-state index is 0.00503. The zero-order valence-electron chi connectivity index (χ0n) is 25.8. The summed E-state index contributed by atoms with van der Waals surface area (Å²) in [4.78, 5) is 24.3. The molecule has 11 heteroatoms. The highest BCUT2D eigenvalue weighted by molar-refractivity contribution is 6.62. The monoisotopic (exact) mass is 630 g/mol. The average molecular weight is 631 g/mol. The van der Waals surface area contributed by atoms with Crippen molar-refractivity contribution in [1.82, 2.24) is 0 Å². The molecule has 0 amide bonds. The Morgan fingerprint density at radius 3 is 1.63 bits per heavy atom. The molecule has 8 nitrogen and oxygen atoms in total. The van der Waals surface area contributed by atoms with E-state index in [1.165, 1.54) is 0 Å². The van der Waals surface area contributed by atoms with E-state index in [2.05, 4.69) is 0 Å². The van der Waals surface area contributed by atoms with Gasteiger partial charge < -0.3 is 28.3 Å². The quantitative estimate of drug-likeness (QED) is 0.323. The predicted octanol–water partition coefficient (Wildman–Crippen LogP) is 6.44. The predicted molar refractivity (Wildman–Crippen MR) is 168 cm³/mol. The molecule has 43 heavy (non-hydrogen) atoms. The second-order valence-corrected chi connectivity index (χ2v) is 12.2. The maximum absolute atomic E-state index is 12.4. The van der Waals surface area contributed by atoms with Gasteiger partial charge in [-0.3, -0.25) is 9.59 Å². The Balaban J connectivity index is 0.000000215. The van der Waals surface area contributed by atoms with E-state index in [4.69, 9.17) is 51.5 Å². The summed E-state index contributed by atoms with van der Waals surface area (Å²) < 4.78 is 33.6. The first-order valence-electron chi connectivity index (χ1n) is 14.0. The molecule has 0 saturated carbocycles. The normalized spacial score (nSPS) is 19.1. The first-order valence-corrected chi connectivity index (χ1v) is 14.7. The third kappa shape index (κ3) is 6.32. The summed E-state index contributed by atoms with van der Waals surface area (Å²) in [5.41, 5.74) is 2.08. The van der Waals surface area contributed by atoms with E-state index in [9.17, 15) is 9.59 Å². The van der Waals surface area contributed by atoms with Crippen LogP contribution in [-0.2, 0) is 28.4 Å². The molecule has 1 saturated heterocycles. The summed E-state index contributed by atoms with van der Waals surface area (Å²) >= 11 is 12.7. The van der Waals surface area contributed by atoms with Crippen LogP contribution in [0.4, 0.5) is 0 Å². The van der Waals surface area contributed by atoms with Crippen molar-refractivity contribution in [3.8, 4) is 11.5 Å². The van der Waals surface area contributed by atoms with Crippen molar-refractivity contribution < 1.29 is 37.8 Å².